The molecule has 1 aromatic heterocycles. The van der Waals surface area contributed by atoms with Gasteiger partial charge in [0, 0.05) is 11.8 Å². The summed E-state index contributed by atoms with van der Waals surface area (Å²) >= 11 is 0. The van der Waals surface area contributed by atoms with Crippen molar-refractivity contribution in [1.29, 1.82) is 0 Å². The number of hydrogen-bond donors (Lipinski definition) is 2. The monoisotopic (exact) mass is 514 g/mol. The third-order valence-corrected chi connectivity index (χ3v) is 4.90. The van der Waals surface area contributed by atoms with Crippen molar-refractivity contribution in [3.63, 3.8) is 0 Å². The Kier molecular flexibility index (Phi) is 7.90. The van der Waals surface area contributed by atoms with Gasteiger partial charge in [-0.2, -0.15) is 31.4 Å². The molecule has 0 fully saturated rings. The molecule has 0 aliphatic carbocycles. The fourth-order valence-electron chi connectivity index (χ4n) is 3.09. The van der Waals surface area contributed by atoms with Gasteiger partial charge >= 0.3 is 18.4 Å². The van der Waals surface area contributed by atoms with E-state index in [4.69, 9.17) is 4.74 Å². The Morgan fingerprint density at radius 2 is 1.61 bits per heavy atom. The molecule has 0 saturated carbocycles. The Hall–Kier alpha value is -4.03. The molecule has 1 heterocycles. The lowest BCUT2D eigenvalue weighted by Gasteiger charge is -2.17. The summed E-state index contributed by atoms with van der Waals surface area (Å²) in [6.07, 6.45) is -10.8. The van der Waals surface area contributed by atoms with Gasteiger partial charge in [0.05, 0.1) is 5.69 Å². The molecule has 192 valence electrons. The van der Waals surface area contributed by atoms with Crippen LogP contribution in [0.2, 0.25) is 0 Å². The van der Waals surface area contributed by atoms with Gasteiger partial charge in [-0.25, -0.2) is 9.48 Å². The molecule has 2 amide bonds. The second-order valence-corrected chi connectivity index (χ2v) is 7.53. The van der Waals surface area contributed by atoms with Crippen LogP contribution < -0.4 is 10.6 Å². The molecular weight excluding hydrogens is 494 g/mol. The molecule has 2 aromatic carbocycles. The summed E-state index contributed by atoms with van der Waals surface area (Å²) in [6, 6.07) is 12.3. The van der Waals surface area contributed by atoms with E-state index >= 15 is 0 Å². The van der Waals surface area contributed by atoms with Gasteiger partial charge in [0.25, 0.3) is 0 Å². The van der Waals surface area contributed by atoms with Gasteiger partial charge in [-0.05, 0) is 36.2 Å². The number of anilines is 1. The van der Waals surface area contributed by atoms with Crippen molar-refractivity contribution in [1.82, 2.24) is 15.1 Å². The van der Waals surface area contributed by atoms with Crippen molar-refractivity contribution in [3.8, 4) is 5.69 Å². The fourth-order valence-corrected chi connectivity index (χ4v) is 3.09. The normalized spacial score (nSPS) is 12.6. The van der Waals surface area contributed by atoms with Crippen LogP contribution in [0.5, 0.6) is 0 Å². The third kappa shape index (κ3) is 6.77. The maximum atomic E-state index is 13.2. The number of hydrogen-bond acceptors (Lipinski definition) is 4. The van der Waals surface area contributed by atoms with Crippen molar-refractivity contribution in [2.75, 3.05) is 5.32 Å². The molecule has 3 rings (SSSR count). The standard InChI is InChI=1S/C23H20F6N4O3/c1-2-17(31-21(35)36-13-14-6-4-3-5-7-14)20(34)30-15-8-10-16(11-9-15)33-19(23(27,28)29)12-18(32-33)22(24,25)26/h3-12,17H,2,13H2,1H3,(H,30,34)(H,31,35). The minimum absolute atomic E-state index is 0.00438. The Balaban J connectivity index is 1.67. The van der Waals surface area contributed by atoms with E-state index < -0.39 is 41.8 Å². The van der Waals surface area contributed by atoms with Crippen LogP contribution in [0.4, 0.5) is 36.8 Å². The lowest BCUT2D eigenvalue weighted by molar-refractivity contribution is -0.143. The van der Waals surface area contributed by atoms with Crippen LogP contribution in [-0.4, -0.2) is 27.8 Å². The number of carbonyl (C=O) groups excluding carboxylic acids is 2. The van der Waals surface area contributed by atoms with E-state index in [0.717, 1.165) is 17.7 Å². The molecule has 0 spiro atoms. The second kappa shape index (κ2) is 10.7. The number of halogens is 6. The Morgan fingerprint density at radius 1 is 0.972 bits per heavy atom. The average molecular weight is 514 g/mol. The second-order valence-electron chi connectivity index (χ2n) is 7.53. The highest BCUT2D eigenvalue weighted by Crippen LogP contribution is 2.36. The number of rotatable bonds is 7. The lowest BCUT2D eigenvalue weighted by Crippen LogP contribution is -2.43. The smallest absolute Gasteiger partial charge is 0.435 e. The summed E-state index contributed by atoms with van der Waals surface area (Å²) in [5, 5.41) is 7.95. The van der Waals surface area contributed by atoms with E-state index in [0.29, 0.717) is 0 Å². The number of ether oxygens (including phenoxy) is 1. The van der Waals surface area contributed by atoms with Gasteiger partial charge in [-0.3, -0.25) is 4.79 Å². The minimum Gasteiger partial charge on any atom is -0.445 e. The number of nitrogens with one attached hydrogen (secondary N) is 2. The number of carbonyl (C=O) groups is 2. The molecule has 7 nitrogen and oxygen atoms in total. The lowest BCUT2D eigenvalue weighted by atomic mass is 10.2. The van der Waals surface area contributed by atoms with Gasteiger partial charge in [-0.1, -0.05) is 37.3 Å². The van der Waals surface area contributed by atoms with Crippen LogP contribution in [0.3, 0.4) is 0 Å². The van der Waals surface area contributed by atoms with Crippen LogP contribution >= 0.6 is 0 Å². The van der Waals surface area contributed by atoms with Crippen LogP contribution in [0.25, 0.3) is 5.69 Å². The first kappa shape index (κ1) is 26.6. The highest BCUT2D eigenvalue weighted by Gasteiger charge is 2.42. The number of benzene rings is 2. The average Bonchev–Trinajstić information content (AvgIpc) is 3.29. The van der Waals surface area contributed by atoms with Crippen LogP contribution in [0.1, 0.15) is 30.3 Å². The molecule has 3 aromatic rings. The number of alkyl halides is 6. The van der Waals surface area contributed by atoms with Crippen LogP contribution in [0, 0.1) is 0 Å². The van der Waals surface area contributed by atoms with E-state index in [1.54, 1.807) is 37.3 Å². The molecule has 0 bridgehead atoms. The van der Waals surface area contributed by atoms with E-state index in [1.807, 2.05) is 0 Å². The summed E-state index contributed by atoms with van der Waals surface area (Å²) in [6.45, 7) is 1.63. The first-order valence-corrected chi connectivity index (χ1v) is 10.5. The number of alkyl carbamates (subject to hydrolysis) is 1. The molecule has 1 atom stereocenters. The Bertz CT molecular complexity index is 1190. The quantitative estimate of drug-likeness (QED) is 0.405. The largest absolute Gasteiger partial charge is 0.445 e. The van der Waals surface area contributed by atoms with Crippen molar-refractivity contribution in [2.45, 2.75) is 38.3 Å². The van der Waals surface area contributed by atoms with Crippen molar-refractivity contribution in [2.24, 2.45) is 0 Å². The molecule has 36 heavy (non-hydrogen) atoms. The summed E-state index contributed by atoms with van der Waals surface area (Å²) < 4.78 is 83.6. The van der Waals surface area contributed by atoms with E-state index in [9.17, 15) is 35.9 Å². The molecule has 0 saturated heterocycles. The number of nitrogens with zero attached hydrogens (tertiary/aromatic N) is 2. The molecule has 0 aliphatic heterocycles. The topological polar surface area (TPSA) is 85.2 Å². The van der Waals surface area contributed by atoms with Gasteiger partial charge in [0.1, 0.15) is 18.3 Å². The zero-order valence-electron chi connectivity index (χ0n) is 18.7. The SMILES string of the molecule is CCC(NC(=O)OCc1ccccc1)C(=O)Nc1ccc(-n2nc(C(F)(F)F)cc2C(F)(F)F)cc1. The van der Waals surface area contributed by atoms with E-state index in [-0.39, 0.29) is 35.2 Å². The summed E-state index contributed by atoms with van der Waals surface area (Å²) in [5.74, 6) is -0.628. The van der Waals surface area contributed by atoms with Gasteiger partial charge in [0.2, 0.25) is 5.91 Å². The first-order valence-electron chi connectivity index (χ1n) is 10.5. The predicted octanol–water partition coefficient (Wildman–Crippen LogP) is 5.55. The van der Waals surface area contributed by atoms with Gasteiger partial charge in [0.15, 0.2) is 5.69 Å². The molecule has 1 unspecified atom stereocenters. The molecule has 13 heteroatoms. The zero-order valence-corrected chi connectivity index (χ0v) is 18.7. The van der Waals surface area contributed by atoms with Crippen LogP contribution in [-0.2, 0) is 28.5 Å². The summed E-state index contributed by atoms with van der Waals surface area (Å²) in [5.41, 5.74) is -2.71. The van der Waals surface area contributed by atoms with Crippen molar-refractivity contribution in [3.05, 3.63) is 77.6 Å². The van der Waals surface area contributed by atoms with E-state index in [2.05, 4.69) is 15.7 Å². The highest BCUT2D eigenvalue weighted by atomic mass is 19.4. The maximum Gasteiger partial charge on any atom is 0.435 e. The van der Waals surface area contributed by atoms with Crippen molar-refractivity contribution < 1.29 is 40.7 Å². The third-order valence-electron chi connectivity index (χ3n) is 4.90. The molecule has 0 radical (unpaired) electrons. The van der Waals surface area contributed by atoms with Crippen LogP contribution in [0.15, 0.2) is 60.7 Å². The fraction of sp³-hybridized carbons (Fsp3) is 0.261. The highest BCUT2D eigenvalue weighted by molar-refractivity contribution is 5.96. The zero-order chi connectivity index (χ0) is 26.5. The van der Waals surface area contributed by atoms with Gasteiger partial charge in [-0.15, -0.1) is 0 Å². The molecule has 2 N–H and O–H groups in total. The van der Waals surface area contributed by atoms with Crippen molar-refractivity contribution >= 4 is 17.7 Å². The summed E-state index contributed by atoms with van der Waals surface area (Å²) in [4.78, 5) is 24.6. The molecule has 0 aliphatic rings. The number of amides is 2. The molecular formula is C23H20F6N4O3. The Labute approximate surface area is 201 Å². The van der Waals surface area contributed by atoms with Gasteiger partial charge < -0.3 is 15.4 Å². The van der Waals surface area contributed by atoms with E-state index in [1.165, 1.54) is 12.1 Å². The maximum absolute atomic E-state index is 13.2. The minimum atomic E-state index is -5.08. The summed E-state index contributed by atoms with van der Waals surface area (Å²) in [7, 11) is 0. The number of aromatic nitrogens is 2. The first-order chi connectivity index (χ1) is 16.9. The predicted molar refractivity (Wildman–Crippen MR) is 116 cm³/mol. The Morgan fingerprint density at radius 3 is 2.17 bits per heavy atom.